The Morgan fingerprint density at radius 2 is 1.80 bits per heavy atom. The summed E-state index contributed by atoms with van der Waals surface area (Å²) in [5.74, 6) is 2.29. The SMILES string of the molecule is O=C(C1CCCC1)N1CCc2cc3c(cc2C1)OCO3. The predicted octanol–water partition coefficient (Wildman–Crippen LogP) is 2.49. The topological polar surface area (TPSA) is 38.8 Å². The molecule has 0 saturated heterocycles. The van der Waals surface area contributed by atoms with Crippen LogP contribution in [0.25, 0.3) is 0 Å². The zero-order valence-electron chi connectivity index (χ0n) is 11.6. The van der Waals surface area contributed by atoms with Crippen molar-refractivity contribution in [2.45, 2.75) is 38.6 Å². The number of benzene rings is 1. The first kappa shape index (κ1) is 12.1. The van der Waals surface area contributed by atoms with Crippen molar-refractivity contribution in [1.29, 1.82) is 0 Å². The van der Waals surface area contributed by atoms with Crippen molar-refractivity contribution in [3.05, 3.63) is 23.3 Å². The Bertz CT molecular complexity index is 549. The third-order valence-electron chi connectivity index (χ3n) is 4.72. The molecule has 106 valence electrons. The van der Waals surface area contributed by atoms with Gasteiger partial charge in [-0.1, -0.05) is 12.8 Å². The van der Waals surface area contributed by atoms with Crippen molar-refractivity contribution >= 4 is 5.91 Å². The minimum absolute atomic E-state index is 0.269. The Hall–Kier alpha value is -1.71. The molecule has 0 atom stereocenters. The molecule has 4 rings (SSSR count). The fraction of sp³-hybridized carbons (Fsp3) is 0.562. The van der Waals surface area contributed by atoms with Crippen molar-refractivity contribution in [2.75, 3.05) is 13.3 Å². The van der Waals surface area contributed by atoms with E-state index in [-0.39, 0.29) is 5.92 Å². The maximum atomic E-state index is 12.5. The van der Waals surface area contributed by atoms with E-state index < -0.39 is 0 Å². The molecule has 4 nitrogen and oxygen atoms in total. The second-order valence-corrected chi connectivity index (χ2v) is 5.97. The van der Waals surface area contributed by atoms with Gasteiger partial charge in [-0.3, -0.25) is 4.79 Å². The molecule has 1 aromatic carbocycles. The number of carbonyl (C=O) groups is 1. The number of amides is 1. The number of hydrogen-bond acceptors (Lipinski definition) is 3. The summed E-state index contributed by atoms with van der Waals surface area (Å²) in [4.78, 5) is 14.5. The summed E-state index contributed by atoms with van der Waals surface area (Å²) in [5, 5.41) is 0. The van der Waals surface area contributed by atoms with Crippen LogP contribution in [0, 0.1) is 5.92 Å². The molecule has 0 N–H and O–H groups in total. The Kier molecular flexibility index (Phi) is 2.83. The van der Waals surface area contributed by atoms with Gasteiger partial charge in [0.25, 0.3) is 0 Å². The van der Waals surface area contributed by atoms with E-state index in [1.807, 2.05) is 11.0 Å². The van der Waals surface area contributed by atoms with Gasteiger partial charge < -0.3 is 14.4 Å². The van der Waals surface area contributed by atoms with E-state index in [9.17, 15) is 4.79 Å². The van der Waals surface area contributed by atoms with E-state index in [1.165, 1.54) is 24.0 Å². The Morgan fingerprint density at radius 1 is 1.10 bits per heavy atom. The molecule has 4 heteroatoms. The van der Waals surface area contributed by atoms with Crippen LogP contribution in [0.1, 0.15) is 36.8 Å². The van der Waals surface area contributed by atoms with Crippen molar-refractivity contribution in [1.82, 2.24) is 4.90 Å². The maximum absolute atomic E-state index is 12.5. The van der Waals surface area contributed by atoms with Crippen LogP contribution in [0.5, 0.6) is 11.5 Å². The highest BCUT2D eigenvalue weighted by Gasteiger charge is 2.30. The number of nitrogens with zero attached hydrogens (tertiary/aromatic N) is 1. The van der Waals surface area contributed by atoms with Crippen LogP contribution in [0.15, 0.2) is 12.1 Å². The van der Waals surface area contributed by atoms with Gasteiger partial charge in [-0.05, 0) is 42.5 Å². The molecule has 20 heavy (non-hydrogen) atoms. The van der Waals surface area contributed by atoms with Crippen LogP contribution in [0.2, 0.25) is 0 Å². The fourth-order valence-corrected chi connectivity index (χ4v) is 3.57. The molecule has 1 aromatic rings. The lowest BCUT2D eigenvalue weighted by atomic mass is 9.97. The quantitative estimate of drug-likeness (QED) is 0.789. The second-order valence-electron chi connectivity index (χ2n) is 5.97. The highest BCUT2D eigenvalue weighted by atomic mass is 16.7. The van der Waals surface area contributed by atoms with Crippen LogP contribution < -0.4 is 9.47 Å². The smallest absolute Gasteiger partial charge is 0.231 e. The normalized spacial score (nSPS) is 21.1. The minimum Gasteiger partial charge on any atom is -0.454 e. The monoisotopic (exact) mass is 273 g/mol. The molecule has 1 amide bonds. The van der Waals surface area contributed by atoms with Crippen LogP contribution in [0.4, 0.5) is 0 Å². The van der Waals surface area contributed by atoms with Crippen LogP contribution in [-0.4, -0.2) is 24.1 Å². The lowest BCUT2D eigenvalue weighted by molar-refractivity contribution is -0.136. The zero-order valence-corrected chi connectivity index (χ0v) is 11.6. The number of carbonyl (C=O) groups excluding carboxylic acids is 1. The minimum atomic E-state index is 0.269. The molecule has 0 bridgehead atoms. The number of ether oxygens (including phenoxy) is 2. The lowest BCUT2D eigenvalue weighted by Crippen LogP contribution is -2.39. The van der Waals surface area contributed by atoms with Crippen molar-refractivity contribution in [2.24, 2.45) is 5.92 Å². The van der Waals surface area contributed by atoms with E-state index in [1.54, 1.807) is 0 Å². The number of hydrogen-bond donors (Lipinski definition) is 0. The van der Waals surface area contributed by atoms with E-state index >= 15 is 0 Å². The molecular formula is C16H19NO3. The van der Waals surface area contributed by atoms with E-state index in [0.29, 0.717) is 12.7 Å². The molecule has 3 aliphatic rings. The van der Waals surface area contributed by atoms with E-state index in [2.05, 4.69) is 6.07 Å². The van der Waals surface area contributed by atoms with Gasteiger partial charge in [-0.2, -0.15) is 0 Å². The second kappa shape index (κ2) is 4.69. The Morgan fingerprint density at radius 3 is 2.55 bits per heavy atom. The van der Waals surface area contributed by atoms with Crippen molar-refractivity contribution < 1.29 is 14.3 Å². The molecule has 0 aromatic heterocycles. The van der Waals surface area contributed by atoms with Crippen LogP contribution in [0.3, 0.4) is 0 Å². The number of fused-ring (bicyclic) bond motifs is 2. The molecule has 1 saturated carbocycles. The number of rotatable bonds is 1. The largest absolute Gasteiger partial charge is 0.454 e. The van der Waals surface area contributed by atoms with E-state index in [4.69, 9.17) is 9.47 Å². The van der Waals surface area contributed by atoms with Gasteiger partial charge in [0.15, 0.2) is 11.5 Å². The summed E-state index contributed by atoms with van der Waals surface area (Å²) in [6.07, 6.45) is 5.48. The summed E-state index contributed by atoms with van der Waals surface area (Å²) < 4.78 is 10.9. The summed E-state index contributed by atoms with van der Waals surface area (Å²) in [6.45, 7) is 1.87. The third-order valence-corrected chi connectivity index (χ3v) is 4.72. The van der Waals surface area contributed by atoms with Crippen molar-refractivity contribution in [3.8, 4) is 11.5 Å². The van der Waals surface area contributed by atoms with Gasteiger partial charge in [0, 0.05) is 19.0 Å². The van der Waals surface area contributed by atoms with Gasteiger partial charge in [0.2, 0.25) is 12.7 Å². The van der Waals surface area contributed by atoms with Crippen LogP contribution >= 0.6 is 0 Å². The molecule has 2 heterocycles. The molecule has 2 aliphatic heterocycles. The lowest BCUT2D eigenvalue weighted by Gasteiger charge is -2.31. The van der Waals surface area contributed by atoms with Gasteiger partial charge >= 0.3 is 0 Å². The summed E-state index contributed by atoms with van der Waals surface area (Å²) >= 11 is 0. The van der Waals surface area contributed by atoms with E-state index in [0.717, 1.165) is 43.9 Å². The summed E-state index contributed by atoms with van der Waals surface area (Å²) in [5.41, 5.74) is 2.51. The first-order valence-corrected chi connectivity index (χ1v) is 7.51. The molecular weight excluding hydrogens is 254 g/mol. The van der Waals surface area contributed by atoms with Gasteiger partial charge in [0.1, 0.15) is 0 Å². The zero-order chi connectivity index (χ0) is 13.5. The first-order valence-electron chi connectivity index (χ1n) is 7.51. The Labute approximate surface area is 118 Å². The maximum Gasteiger partial charge on any atom is 0.231 e. The molecule has 1 fully saturated rings. The van der Waals surface area contributed by atoms with Crippen LogP contribution in [-0.2, 0) is 17.8 Å². The standard InChI is InChI=1S/C16H19NO3/c18-16(11-3-1-2-4-11)17-6-5-12-7-14-15(20-10-19-14)8-13(12)9-17/h7-8,11H,1-6,9-10H2. The van der Waals surface area contributed by atoms with Crippen molar-refractivity contribution in [3.63, 3.8) is 0 Å². The average Bonchev–Trinajstić information content (AvgIpc) is 3.14. The predicted molar refractivity (Wildman–Crippen MR) is 73.6 cm³/mol. The summed E-state index contributed by atoms with van der Waals surface area (Å²) in [6, 6.07) is 4.13. The molecule has 0 unspecified atom stereocenters. The highest BCUT2D eigenvalue weighted by molar-refractivity contribution is 5.79. The third kappa shape index (κ3) is 1.94. The molecule has 0 radical (unpaired) electrons. The molecule has 0 spiro atoms. The Balaban J connectivity index is 1.55. The highest BCUT2D eigenvalue weighted by Crippen LogP contribution is 2.37. The first-order chi connectivity index (χ1) is 9.81. The van der Waals surface area contributed by atoms with Gasteiger partial charge in [0.05, 0.1) is 0 Å². The summed E-state index contributed by atoms with van der Waals surface area (Å²) in [7, 11) is 0. The molecule has 1 aliphatic carbocycles. The van der Waals surface area contributed by atoms with Gasteiger partial charge in [-0.25, -0.2) is 0 Å². The fourth-order valence-electron chi connectivity index (χ4n) is 3.57. The average molecular weight is 273 g/mol. The van der Waals surface area contributed by atoms with Gasteiger partial charge in [-0.15, -0.1) is 0 Å².